The van der Waals surface area contributed by atoms with Gasteiger partial charge in [0, 0.05) is 18.8 Å². The molecule has 5 nitrogen and oxygen atoms in total. The van der Waals surface area contributed by atoms with Crippen molar-refractivity contribution in [1.82, 2.24) is 9.88 Å². The minimum atomic E-state index is -0.101. The van der Waals surface area contributed by atoms with Gasteiger partial charge in [-0.3, -0.25) is 9.78 Å². The predicted octanol–water partition coefficient (Wildman–Crippen LogP) is 1.04. The van der Waals surface area contributed by atoms with E-state index in [0.29, 0.717) is 17.8 Å². The van der Waals surface area contributed by atoms with Gasteiger partial charge in [-0.05, 0) is 18.9 Å². The summed E-state index contributed by atoms with van der Waals surface area (Å²) in [4.78, 5) is 18.1. The van der Waals surface area contributed by atoms with Crippen molar-refractivity contribution in [2.75, 3.05) is 18.9 Å². The lowest BCUT2D eigenvalue weighted by molar-refractivity contribution is 0.0639. The van der Waals surface area contributed by atoms with Crippen LogP contribution < -0.4 is 5.73 Å². The zero-order chi connectivity index (χ0) is 13.0. The molecule has 1 aromatic rings. The van der Waals surface area contributed by atoms with Crippen molar-refractivity contribution < 1.29 is 9.90 Å². The van der Waals surface area contributed by atoms with E-state index in [-0.39, 0.29) is 18.6 Å². The molecule has 1 aliphatic carbocycles. The molecule has 1 aromatic heterocycles. The molecule has 0 atom stereocenters. The third-order valence-electron chi connectivity index (χ3n) is 3.45. The van der Waals surface area contributed by atoms with Crippen LogP contribution in [0.25, 0.3) is 0 Å². The van der Waals surface area contributed by atoms with E-state index in [0.717, 1.165) is 25.7 Å². The minimum Gasteiger partial charge on any atom is -0.397 e. The zero-order valence-corrected chi connectivity index (χ0v) is 10.4. The Morgan fingerprint density at radius 1 is 1.50 bits per heavy atom. The number of rotatable bonds is 4. The van der Waals surface area contributed by atoms with Gasteiger partial charge in [-0.15, -0.1) is 0 Å². The second kappa shape index (κ2) is 5.82. The molecule has 1 fully saturated rings. The molecule has 0 saturated heterocycles. The molecule has 1 heterocycles. The minimum absolute atomic E-state index is 0.0206. The van der Waals surface area contributed by atoms with Crippen LogP contribution in [0.5, 0.6) is 0 Å². The first kappa shape index (κ1) is 12.8. The van der Waals surface area contributed by atoms with Crippen molar-refractivity contribution >= 4 is 11.6 Å². The zero-order valence-electron chi connectivity index (χ0n) is 10.4. The Kier molecular flexibility index (Phi) is 4.15. The lowest BCUT2D eigenvalue weighted by atomic mass is 10.1. The van der Waals surface area contributed by atoms with Gasteiger partial charge >= 0.3 is 0 Å². The summed E-state index contributed by atoms with van der Waals surface area (Å²) in [6.45, 7) is 0.346. The van der Waals surface area contributed by atoms with Crippen molar-refractivity contribution in [1.29, 1.82) is 0 Å². The summed E-state index contributed by atoms with van der Waals surface area (Å²) in [5.74, 6) is -0.101. The van der Waals surface area contributed by atoms with E-state index in [2.05, 4.69) is 4.98 Å². The second-order valence-electron chi connectivity index (χ2n) is 4.62. The van der Waals surface area contributed by atoms with E-state index < -0.39 is 0 Å². The Morgan fingerprint density at radius 3 is 2.83 bits per heavy atom. The van der Waals surface area contributed by atoms with Gasteiger partial charge in [0.1, 0.15) is 0 Å². The monoisotopic (exact) mass is 249 g/mol. The number of pyridine rings is 1. The van der Waals surface area contributed by atoms with Crippen molar-refractivity contribution in [3.8, 4) is 0 Å². The third-order valence-corrected chi connectivity index (χ3v) is 3.45. The average molecular weight is 249 g/mol. The Balaban J connectivity index is 2.20. The highest BCUT2D eigenvalue weighted by molar-refractivity contribution is 5.99. The number of hydrogen-bond donors (Lipinski definition) is 2. The standard InChI is InChI=1S/C13H19N3O2/c14-12-9-15-6-5-11(12)13(18)16(7-8-17)10-3-1-2-4-10/h5-6,9-10,17H,1-4,7-8,14H2. The molecule has 0 unspecified atom stereocenters. The van der Waals surface area contributed by atoms with E-state index in [1.165, 1.54) is 6.20 Å². The van der Waals surface area contributed by atoms with Crippen LogP contribution in [-0.4, -0.2) is 40.1 Å². The van der Waals surface area contributed by atoms with Gasteiger partial charge < -0.3 is 15.7 Å². The fourth-order valence-corrected chi connectivity index (χ4v) is 2.53. The van der Waals surface area contributed by atoms with E-state index in [1.54, 1.807) is 17.2 Å². The van der Waals surface area contributed by atoms with Crippen LogP contribution in [0.2, 0.25) is 0 Å². The maximum Gasteiger partial charge on any atom is 0.256 e. The van der Waals surface area contributed by atoms with Crippen LogP contribution >= 0.6 is 0 Å². The highest BCUT2D eigenvalue weighted by Crippen LogP contribution is 2.25. The van der Waals surface area contributed by atoms with Crippen LogP contribution in [0.4, 0.5) is 5.69 Å². The molecule has 0 bridgehead atoms. The Labute approximate surface area is 107 Å². The van der Waals surface area contributed by atoms with Gasteiger partial charge in [0.2, 0.25) is 0 Å². The van der Waals surface area contributed by atoms with Gasteiger partial charge in [-0.25, -0.2) is 0 Å². The first-order valence-electron chi connectivity index (χ1n) is 6.35. The summed E-state index contributed by atoms with van der Waals surface area (Å²) in [6.07, 6.45) is 7.36. The van der Waals surface area contributed by atoms with E-state index in [4.69, 9.17) is 10.8 Å². The first-order chi connectivity index (χ1) is 8.74. The molecule has 0 spiro atoms. The third kappa shape index (κ3) is 2.61. The highest BCUT2D eigenvalue weighted by Gasteiger charge is 2.27. The lowest BCUT2D eigenvalue weighted by Crippen LogP contribution is -2.41. The Hall–Kier alpha value is -1.62. The molecular formula is C13H19N3O2. The fraction of sp³-hybridized carbons (Fsp3) is 0.538. The fourth-order valence-electron chi connectivity index (χ4n) is 2.53. The van der Waals surface area contributed by atoms with E-state index in [1.807, 2.05) is 0 Å². The Morgan fingerprint density at radius 2 is 2.22 bits per heavy atom. The van der Waals surface area contributed by atoms with Gasteiger partial charge in [0.25, 0.3) is 5.91 Å². The normalized spacial score (nSPS) is 15.8. The number of carbonyl (C=O) groups is 1. The van der Waals surface area contributed by atoms with Crippen molar-refractivity contribution in [3.05, 3.63) is 24.0 Å². The number of nitrogens with zero attached hydrogens (tertiary/aromatic N) is 2. The summed E-state index contributed by atoms with van der Waals surface area (Å²) in [6, 6.07) is 1.87. The number of hydrogen-bond acceptors (Lipinski definition) is 4. The summed E-state index contributed by atoms with van der Waals surface area (Å²) >= 11 is 0. The topological polar surface area (TPSA) is 79.5 Å². The van der Waals surface area contributed by atoms with Crippen molar-refractivity contribution in [3.63, 3.8) is 0 Å². The molecule has 0 aromatic carbocycles. The largest absolute Gasteiger partial charge is 0.397 e. The maximum absolute atomic E-state index is 12.4. The van der Waals surface area contributed by atoms with Crippen LogP contribution in [0.1, 0.15) is 36.0 Å². The lowest BCUT2D eigenvalue weighted by Gasteiger charge is -2.28. The number of aliphatic hydroxyl groups is 1. The number of anilines is 1. The average Bonchev–Trinajstić information content (AvgIpc) is 2.89. The molecular weight excluding hydrogens is 230 g/mol. The van der Waals surface area contributed by atoms with E-state index >= 15 is 0 Å². The van der Waals surface area contributed by atoms with Gasteiger partial charge in [0.05, 0.1) is 24.1 Å². The molecule has 2 rings (SSSR count). The molecule has 5 heteroatoms. The smallest absolute Gasteiger partial charge is 0.256 e. The summed E-state index contributed by atoms with van der Waals surface area (Å²) < 4.78 is 0. The van der Waals surface area contributed by atoms with Crippen LogP contribution in [0.15, 0.2) is 18.5 Å². The Bertz CT molecular complexity index is 416. The first-order valence-corrected chi connectivity index (χ1v) is 6.35. The van der Waals surface area contributed by atoms with Gasteiger partial charge in [0.15, 0.2) is 0 Å². The number of aliphatic hydroxyl groups excluding tert-OH is 1. The van der Waals surface area contributed by atoms with Crippen LogP contribution in [-0.2, 0) is 0 Å². The number of amides is 1. The molecule has 98 valence electrons. The summed E-state index contributed by atoms with van der Waals surface area (Å²) in [5.41, 5.74) is 6.65. The van der Waals surface area contributed by atoms with Crippen molar-refractivity contribution in [2.45, 2.75) is 31.7 Å². The number of nitrogens with two attached hydrogens (primary N) is 1. The van der Waals surface area contributed by atoms with Crippen LogP contribution in [0.3, 0.4) is 0 Å². The molecule has 3 N–H and O–H groups in total. The van der Waals surface area contributed by atoms with Crippen LogP contribution in [0, 0.1) is 0 Å². The molecule has 18 heavy (non-hydrogen) atoms. The van der Waals surface area contributed by atoms with Crippen molar-refractivity contribution in [2.24, 2.45) is 0 Å². The molecule has 0 aliphatic heterocycles. The van der Waals surface area contributed by atoms with E-state index in [9.17, 15) is 4.79 Å². The number of carbonyl (C=O) groups excluding carboxylic acids is 1. The summed E-state index contributed by atoms with van der Waals surface area (Å²) in [5, 5.41) is 9.12. The molecule has 1 saturated carbocycles. The summed E-state index contributed by atoms with van der Waals surface area (Å²) in [7, 11) is 0. The molecule has 1 aliphatic rings. The molecule has 0 radical (unpaired) electrons. The number of nitrogen functional groups attached to an aromatic ring is 1. The van der Waals surface area contributed by atoms with Gasteiger partial charge in [-0.2, -0.15) is 0 Å². The SMILES string of the molecule is Nc1cnccc1C(=O)N(CCO)C1CCCC1. The maximum atomic E-state index is 12.4. The molecule has 1 amide bonds. The van der Waals surface area contributed by atoms with Gasteiger partial charge in [-0.1, -0.05) is 12.8 Å². The number of aromatic nitrogens is 1. The highest BCUT2D eigenvalue weighted by atomic mass is 16.3. The predicted molar refractivity (Wildman–Crippen MR) is 69.0 cm³/mol. The quantitative estimate of drug-likeness (QED) is 0.835. The second-order valence-corrected chi connectivity index (χ2v) is 4.62.